The predicted octanol–water partition coefficient (Wildman–Crippen LogP) is 3.91. The molecule has 0 fully saturated rings. The van der Waals surface area contributed by atoms with Crippen LogP contribution in [0.3, 0.4) is 0 Å². The Hall–Kier alpha value is -4.39. The number of aromatic amines is 1. The van der Waals surface area contributed by atoms with Gasteiger partial charge in [0.05, 0.1) is 40.7 Å². The van der Waals surface area contributed by atoms with Crippen LogP contribution in [0.2, 0.25) is 0 Å². The van der Waals surface area contributed by atoms with Gasteiger partial charge in [-0.25, -0.2) is 0 Å². The van der Waals surface area contributed by atoms with Crippen molar-refractivity contribution >= 4 is 39.4 Å². The summed E-state index contributed by atoms with van der Waals surface area (Å²) in [6, 6.07) is 8.28. The molecule has 0 aliphatic heterocycles. The first-order chi connectivity index (χ1) is 15.5. The van der Waals surface area contributed by atoms with E-state index >= 15 is 0 Å². The second-order valence-electron chi connectivity index (χ2n) is 7.92. The van der Waals surface area contributed by atoms with Gasteiger partial charge in [-0.05, 0) is 32.4 Å². The molecular weight excluding hydrogens is 404 g/mol. The van der Waals surface area contributed by atoms with Crippen molar-refractivity contribution in [1.82, 2.24) is 34.5 Å². The fourth-order valence-corrected chi connectivity index (χ4v) is 3.95. The maximum atomic E-state index is 8.91. The van der Waals surface area contributed by atoms with E-state index in [1.54, 1.807) is 10.9 Å². The summed E-state index contributed by atoms with van der Waals surface area (Å²) in [5.74, 6) is 0.761. The van der Waals surface area contributed by atoms with Gasteiger partial charge < -0.3 is 15.6 Å². The minimum Gasteiger partial charge on any atom is -0.383 e. The van der Waals surface area contributed by atoms with Crippen molar-refractivity contribution in [2.75, 3.05) is 11.1 Å². The number of nitrogens with zero attached hydrogens (tertiary/aromatic N) is 7. The van der Waals surface area contributed by atoms with Gasteiger partial charge in [-0.3, -0.25) is 9.78 Å². The smallest absolute Gasteiger partial charge is 0.231 e. The van der Waals surface area contributed by atoms with E-state index in [0.29, 0.717) is 11.8 Å². The van der Waals surface area contributed by atoms with E-state index in [2.05, 4.69) is 62.3 Å². The lowest BCUT2D eigenvalue weighted by Gasteiger charge is -2.10. The molecule has 160 valence electrons. The molecule has 10 heteroatoms. The summed E-state index contributed by atoms with van der Waals surface area (Å²) in [5.41, 5.74) is 11.6. The van der Waals surface area contributed by atoms with Crippen molar-refractivity contribution in [2.45, 2.75) is 33.4 Å². The molecule has 5 aromatic rings. The molecule has 0 aliphatic carbocycles. The number of fused-ring (bicyclic) bond motifs is 2. The van der Waals surface area contributed by atoms with Crippen LogP contribution in [-0.4, -0.2) is 34.5 Å². The molecule has 4 N–H and O–H groups in total. The van der Waals surface area contributed by atoms with Gasteiger partial charge in [-0.2, -0.15) is 25.4 Å². The van der Waals surface area contributed by atoms with Gasteiger partial charge in [0.15, 0.2) is 0 Å². The summed E-state index contributed by atoms with van der Waals surface area (Å²) in [5, 5.41) is 25.5. The van der Waals surface area contributed by atoms with Gasteiger partial charge in [0.1, 0.15) is 18.0 Å². The third kappa shape index (κ3) is 3.11. The average Bonchev–Trinajstić information content (AvgIpc) is 3.45. The number of rotatable bonds is 5. The third-order valence-corrected chi connectivity index (χ3v) is 5.46. The molecular formula is C22H22N10. The highest BCUT2D eigenvalue weighted by Crippen LogP contribution is 2.38. The fraction of sp³-hybridized carbons (Fsp3) is 0.227. The molecule has 0 aliphatic rings. The Morgan fingerprint density at radius 3 is 2.84 bits per heavy atom. The number of nitrogens with one attached hydrogen (secondary N) is 2. The fourth-order valence-electron chi connectivity index (χ4n) is 3.95. The van der Waals surface area contributed by atoms with Gasteiger partial charge in [-0.1, -0.05) is 12.1 Å². The summed E-state index contributed by atoms with van der Waals surface area (Å²) in [6.45, 7) is 6.23. The molecule has 0 radical (unpaired) electrons. The van der Waals surface area contributed by atoms with Crippen LogP contribution in [0.5, 0.6) is 0 Å². The zero-order valence-corrected chi connectivity index (χ0v) is 18.0. The van der Waals surface area contributed by atoms with E-state index in [9.17, 15) is 0 Å². The highest BCUT2D eigenvalue weighted by atomic mass is 15.3. The van der Waals surface area contributed by atoms with Crippen LogP contribution in [0.1, 0.15) is 25.6 Å². The molecule has 32 heavy (non-hydrogen) atoms. The number of nitrogen functional groups attached to an aromatic ring is 1. The lowest BCUT2D eigenvalue weighted by molar-refractivity contribution is 0.618. The van der Waals surface area contributed by atoms with Crippen molar-refractivity contribution in [3.05, 3.63) is 42.5 Å². The lowest BCUT2D eigenvalue weighted by Crippen LogP contribution is -2.05. The van der Waals surface area contributed by atoms with Crippen molar-refractivity contribution < 1.29 is 0 Å². The minimum atomic E-state index is 0.164. The molecule has 4 heterocycles. The average molecular weight is 426 g/mol. The van der Waals surface area contributed by atoms with E-state index in [4.69, 9.17) is 16.0 Å². The molecule has 0 atom stereocenters. The standard InChI is InChI=1S/C22H22N10/c1-12(2)32-10-16(14-5-4-6-17-15(14)9-25-29-17)19-20(24)27-22(28-21(19)32)26-18-11-31(8-7-23)30-13(18)3/h4-6,9-12H,8H2,1-3H3,(H,25,29)(H3,24,26,27,28). The Balaban J connectivity index is 1.67. The lowest BCUT2D eigenvalue weighted by atomic mass is 10.0. The van der Waals surface area contributed by atoms with Gasteiger partial charge in [0, 0.05) is 23.2 Å². The van der Waals surface area contributed by atoms with E-state index < -0.39 is 0 Å². The number of aryl methyl sites for hydroxylation is 1. The zero-order chi connectivity index (χ0) is 22.4. The SMILES string of the molecule is Cc1nn(CC#N)cc1Nc1nc(N)c2c(-c3cccc4[nH]ncc34)cn(C(C)C)c2n1. The number of aromatic nitrogens is 7. The van der Waals surface area contributed by atoms with Crippen molar-refractivity contribution in [3.63, 3.8) is 0 Å². The maximum Gasteiger partial charge on any atom is 0.231 e. The summed E-state index contributed by atoms with van der Waals surface area (Å²) >= 11 is 0. The molecule has 0 spiro atoms. The van der Waals surface area contributed by atoms with E-state index in [-0.39, 0.29) is 12.6 Å². The first kappa shape index (κ1) is 19.6. The Bertz CT molecular complexity index is 1490. The quantitative estimate of drug-likeness (QED) is 0.387. The zero-order valence-electron chi connectivity index (χ0n) is 18.0. The summed E-state index contributed by atoms with van der Waals surface area (Å²) in [7, 11) is 0. The molecule has 4 aromatic heterocycles. The van der Waals surface area contributed by atoms with Crippen LogP contribution >= 0.6 is 0 Å². The monoisotopic (exact) mass is 426 g/mol. The van der Waals surface area contributed by atoms with Crippen LogP contribution < -0.4 is 11.1 Å². The predicted molar refractivity (Wildman–Crippen MR) is 123 cm³/mol. The van der Waals surface area contributed by atoms with E-state index in [0.717, 1.165) is 44.4 Å². The van der Waals surface area contributed by atoms with Gasteiger partial charge in [0.25, 0.3) is 0 Å². The van der Waals surface area contributed by atoms with Crippen molar-refractivity contribution in [2.24, 2.45) is 0 Å². The number of hydrogen-bond donors (Lipinski definition) is 3. The van der Waals surface area contributed by atoms with Crippen LogP contribution in [0.4, 0.5) is 17.5 Å². The van der Waals surface area contributed by atoms with Crippen LogP contribution in [-0.2, 0) is 6.54 Å². The Kier molecular flexibility index (Phi) is 4.52. The van der Waals surface area contributed by atoms with E-state index in [1.807, 2.05) is 25.3 Å². The second-order valence-corrected chi connectivity index (χ2v) is 7.92. The third-order valence-electron chi connectivity index (χ3n) is 5.46. The molecule has 5 rings (SSSR count). The first-order valence-electron chi connectivity index (χ1n) is 10.2. The topological polar surface area (TPSA) is 139 Å². The van der Waals surface area contributed by atoms with Gasteiger partial charge in [0.2, 0.25) is 5.95 Å². The molecule has 0 saturated heterocycles. The molecule has 0 bridgehead atoms. The van der Waals surface area contributed by atoms with Crippen molar-refractivity contribution in [3.8, 4) is 17.2 Å². The van der Waals surface area contributed by atoms with Crippen LogP contribution in [0, 0.1) is 18.3 Å². The van der Waals surface area contributed by atoms with Crippen molar-refractivity contribution in [1.29, 1.82) is 5.26 Å². The van der Waals surface area contributed by atoms with Crippen LogP contribution in [0.25, 0.3) is 33.1 Å². The van der Waals surface area contributed by atoms with Gasteiger partial charge in [-0.15, -0.1) is 0 Å². The number of benzene rings is 1. The molecule has 10 nitrogen and oxygen atoms in total. The highest BCUT2D eigenvalue weighted by molar-refractivity contribution is 6.07. The number of H-pyrrole nitrogens is 1. The first-order valence-corrected chi connectivity index (χ1v) is 10.2. The van der Waals surface area contributed by atoms with E-state index in [1.165, 1.54) is 0 Å². The normalized spacial score (nSPS) is 11.5. The number of nitriles is 1. The molecule has 0 saturated carbocycles. The Labute approximate surface area is 183 Å². The largest absolute Gasteiger partial charge is 0.383 e. The molecule has 0 amide bonds. The second kappa shape index (κ2) is 7.39. The summed E-state index contributed by atoms with van der Waals surface area (Å²) in [4.78, 5) is 9.33. The minimum absolute atomic E-state index is 0.164. The number of anilines is 3. The van der Waals surface area contributed by atoms with Gasteiger partial charge >= 0.3 is 0 Å². The number of hydrogen-bond acceptors (Lipinski definition) is 7. The summed E-state index contributed by atoms with van der Waals surface area (Å²) in [6.07, 6.45) is 5.65. The Morgan fingerprint density at radius 1 is 1.22 bits per heavy atom. The highest BCUT2D eigenvalue weighted by Gasteiger charge is 2.20. The molecule has 1 aromatic carbocycles. The molecule has 0 unspecified atom stereocenters. The van der Waals surface area contributed by atoms with Crippen LogP contribution in [0.15, 0.2) is 36.8 Å². The maximum absolute atomic E-state index is 8.91. The number of nitrogens with two attached hydrogens (primary N) is 1. The Morgan fingerprint density at radius 2 is 2.06 bits per heavy atom. The summed E-state index contributed by atoms with van der Waals surface area (Å²) < 4.78 is 3.67.